The lowest BCUT2D eigenvalue weighted by Gasteiger charge is -2.07. The summed E-state index contributed by atoms with van der Waals surface area (Å²) >= 11 is 0. The zero-order valence-electron chi connectivity index (χ0n) is 12.9. The first-order valence-corrected chi connectivity index (χ1v) is 7.23. The molecule has 2 aromatic rings. The van der Waals surface area contributed by atoms with Gasteiger partial charge in [0.05, 0.1) is 18.4 Å². The van der Waals surface area contributed by atoms with Crippen LogP contribution >= 0.6 is 0 Å². The van der Waals surface area contributed by atoms with Crippen LogP contribution in [0.1, 0.15) is 15.9 Å². The number of nitrogens with one attached hydrogen (secondary N) is 1. The van der Waals surface area contributed by atoms with E-state index < -0.39 is 5.97 Å². The standard InChI is InChI=1S/C18H15NO5/c1-22-18(21)13-4-2-3-5-14(13)19-17(20)9-7-12-6-8-15-16(10-12)24-11-23-15/h2-10H,11H2,1H3,(H,19,20)/b9-7+. The minimum atomic E-state index is -0.509. The molecule has 6 heteroatoms. The molecule has 3 rings (SSSR count). The van der Waals surface area contributed by atoms with Crippen molar-refractivity contribution in [2.24, 2.45) is 0 Å². The Morgan fingerprint density at radius 1 is 1.12 bits per heavy atom. The second-order valence-corrected chi connectivity index (χ2v) is 4.97. The predicted molar refractivity (Wildman–Crippen MR) is 88.0 cm³/mol. The van der Waals surface area contributed by atoms with Gasteiger partial charge in [0.1, 0.15) is 0 Å². The summed E-state index contributed by atoms with van der Waals surface area (Å²) < 4.78 is 15.2. The lowest BCUT2D eigenvalue weighted by atomic mass is 10.1. The van der Waals surface area contributed by atoms with Crippen molar-refractivity contribution < 1.29 is 23.8 Å². The molecule has 0 aromatic heterocycles. The van der Waals surface area contributed by atoms with Crippen LogP contribution in [0.25, 0.3) is 6.08 Å². The first kappa shape index (κ1) is 15.6. The first-order chi connectivity index (χ1) is 11.7. The Bertz CT molecular complexity index is 813. The highest BCUT2D eigenvalue weighted by Crippen LogP contribution is 2.32. The number of carbonyl (C=O) groups excluding carboxylic acids is 2. The molecule has 0 atom stereocenters. The molecule has 1 amide bonds. The molecule has 122 valence electrons. The van der Waals surface area contributed by atoms with Gasteiger partial charge < -0.3 is 19.5 Å². The molecule has 0 radical (unpaired) electrons. The molecule has 6 nitrogen and oxygen atoms in total. The van der Waals surface area contributed by atoms with E-state index in [1.165, 1.54) is 13.2 Å². The van der Waals surface area contributed by atoms with E-state index in [9.17, 15) is 9.59 Å². The highest BCUT2D eigenvalue weighted by atomic mass is 16.7. The fourth-order valence-electron chi connectivity index (χ4n) is 2.24. The van der Waals surface area contributed by atoms with E-state index in [1.54, 1.807) is 42.5 Å². The normalized spacial score (nSPS) is 12.2. The highest BCUT2D eigenvalue weighted by molar-refractivity contribution is 6.06. The van der Waals surface area contributed by atoms with Crippen molar-refractivity contribution in [2.75, 3.05) is 19.2 Å². The Balaban J connectivity index is 1.71. The van der Waals surface area contributed by atoms with E-state index in [1.807, 2.05) is 6.07 Å². The van der Waals surface area contributed by atoms with Gasteiger partial charge in [-0.05, 0) is 35.9 Å². The number of rotatable bonds is 4. The van der Waals surface area contributed by atoms with Crippen molar-refractivity contribution in [3.05, 3.63) is 59.7 Å². The number of hydrogen-bond donors (Lipinski definition) is 1. The molecule has 1 N–H and O–H groups in total. The van der Waals surface area contributed by atoms with Gasteiger partial charge in [-0.25, -0.2) is 4.79 Å². The zero-order chi connectivity index (χ0) is 16.9. The summed E-state index contributed by atoms with van der Waals surface area (Å²) in [5.41, 5.74) is 1.49. The average Bonchev–Trinajstić information content (AvgIpc) is 3.07. The van der Waals surface area contributed by atoms with Gasteiger partial charge in [-0.2, -0.15) is 0 Å². The number of benzene rings is 2. The van der Waals surface area contributed by atoms with Crippen LogP contribution in [0.3, 0.4) is 0 Å². The Morgan fingerprint density at radius 3 is 2.75 bits per heavy atom. The van der Waals surface area contributed by atoms with Gasteiger partial charge >= 0.3 is 5.97 Å². The molecule has 0 saturated carbocycles. The number of para-hydroxylation sites is 1. The summed E-state index contributed by atoms with van der Waals surface area (Å²) in [6.07, 6.45) is 3.03. The number of hydrogen-bond acceptors (Lipinski definition) is 5. The summed E-state index contributed by atoms with van der Waals surface area (Å²) in [4.78, 5) is 23.8. The van der Waals surface area contributed by atoms with Crippen LogP contribution in [0.5, 0.6) is 11.5 Å². The van der Waals surface area contributed by atoms with Crippen LogP contribution in [-0.2, 0) is 9.53 Å². The van der Waals surface area contributed by atoms with Crippen molar-refractivity contribution in [3.63, 3.8) is 0 Å². The van der Waals surface area contributed by atoms with E-state index in [0.29, 0.717) is 22.7 Å². The molecule has 1 aliphatic heterocycles. The van der Waals surface area contributed by atoms with Crippen LogP contribution in [0.2, 0.25) is 0 Å². The largest absolute Gasteiger partial charge is 0.465 e. The van der Waals surface area contributed by atoms with Crippen molar-refractivity contribution in [1.82, 2.24) is 0 Å². The molecule has 24 heavy (non-hydrogen) atoms. The Morgan fingerprint density at radius 2 is 1.92 bits per heavy atom. The van der Waals surface area contributed by atoms with E-state index in [0.717, 1.165) is 5.56 Å². The highest BCUT2D eigenvalue weighted by Gasteiger charge is 2.13. The second kappa shape index (κ2) is 6.87. The van der Waals surface area contributed by atoms with Crippen LogP contribution in [0, 0.1) is 0 Å². The number of methoxy groups -OCH3 is 1. The van der Waals surface area contributed by atoms with E-state index in [2.05, 4.69) is 5.32 Å². The topological polar surface area (TPSA) is 73.9 Å². The summed E-state index contributed by atoms with van der Waals surface area (Å²) in [7, 11) is 1.29. The molecule has 1 heterocycles. The minimum Gasteiger partial charge on any atom is -0.465 e. The van der Waals surface area contributed by atoms with Crippen LogP contribution in [0.4, 0.5) is 5.69 Å². The fourth-order valence-corrected chi connectivity index (χ4v) is 2.24. The Labute approximate surface area is 138 Å². The van der Waals surface area contributed by atoms with E-state index in [4.69, 9.17) is 14.2 Å². The quantitative estimate of drug-likeness (QED) is 0.691. The third-order valence-corrected chi connectivity index (χ3v) is 3.41. The van der Waals surface area contributed by atoms with Crippen molar-refractivity contribution in [1.29, 1.82) is 0 Å². The van der Waals surface area contributed by atoms with E-state index in [-0.39, 0.29) is 12.7 Å². The van der Waals surface area contributed by atoms with Gasteiger partial charge in [0.2, 0.25) is 12.7 Å². The number of anilines is 1. The summed E-state index contributed by atoms with van der Waals surface area (Å²) in [5.74, 6) is 0.465. The number of fused-ring (bicyclic) bond motifs is 1. The van der Waals surface area contributed by atoms with Gasteiger partial charge in [-0.1, -0.05) is 18.2 Å². The fraction of sp³-hybridized carbons (Fsp3) is 0.111. The third-order valence-electron chi connectivity index (χ3n) is 3.41. The smallest absolute Gasteiger partial charge is 0.339 e. The minimum absolute atomic E-state index is 0.202. The maximum atomic E-state index is 12.1. The molecule has 0 saturated heterocycles. The second-order valence-electron chi connectivity index (χ2n) is 4.97. The van der Waals surface area contributed by atoms with Gasteiger partial charge in [-0.3, -0.25) is 4.79 Å². The molecule has 0 spiro atoms. The summed E-state index contributed by atoms with van der Waals surface area (Å²) in [6, 6.07) is 12.0. The molecular formula is C18H15NO5. The molecule has 0 unspecified atom stereocenters. The zero-order valence-corrected chi connectivity index (χ0v) is 12.9. The van der Waals surface area contributed by atoms with Gasteiger partial charge in [0, 0.05) is 6.08 Å². The van der Waals surface area contributed by atoms with Gasteiger partial charge in [0.25, 0.3) is 0 Å². The van der Waals surface area contributed by atoms with Crippen molar-refractivity contribution >= 4 is 23.6 Å². The molecule has 1 aliphatic rings. The van der Waals surface area contributed by atoms with Crippen LogP contribution in [0.15, 0.2) is 48.5 Å². The predicted octanol–water partition coefficient (Wildman–Crippen LogP) is 2.85. The van der Waals surface area contributed by atoms with Gasteiger partial charge in [0.15, 0.2) is 11.5 Å². The lowest BCUT2D eigenvalue weighted by Crippen LogP contribution is -2.12. The molecule has 0 fully saturated rings. The number of ether oxygens (including phenoxy) is 3. The molecule has 0 aliphatic carbocycles. The lowest BCUT2D eigenvalue weighted by molar-refractivity contribution is -0.111. The monoisotopic (exact) mass is 325 g/mol. The Hall–Kier alpha value is -3.28. The molecular weight excluding hydrogens is 310 g/mol. The maximum Gasteiger partial charge on any atom is 0.339 e. The third kappa shape index (κ3) is 3.38. The van der Waals surface area contributed by atoms with Crippen LogP contribution < -0.4 is 14.8 Å². The number of amides is 1. The van der Waals surface area contributed by atoms with E-state index >= 15 is 0 Å². The van der Waals surface area contributed by atoms with Crippen molar-refractivity contribution in [3.8, 4) is 11.5 Å². The summed E-state index contributed by atoms with van der Waals surface area (Å²) in [6.45, 7) is 0.202. The number of carbonyl (C=O) groups is 2. The number of esters is 1. The Kier molecular flexibility index (Phi) is 4.47. The maximum absolute atomic E-state index is 12.1. The van der Waals surface area contributed by atoms with Gasteiger partial charge in [-0.15, -0.1) is 0 Å². The van der Waals surface area contributed by atoms with Crippen molar-refractivity contribution in [2.45, 2.75) is 0 Å². The molecule has 0 bridgehead atoms. The summed E-state index contributed by atoms with van der Waals surface area (Å²) in [5, 5.41) is 2.67. The molecule has 2 aromatic carbocycles. The first-order valence-electron chi connectivity index (χ1n) is 7.23. The van der Waals surface area contributed by atoms with Crippen LogP contribution in [-0.4, -0.2) is 25.8 Å². The SMILES string of the molecule is COC(=O)c1ccccc1NC(=O)/C=C/c1ccc2c(c1)OCO2. The average molecular weight is 325 g/mol.